The highest BCUT2D eigenvalue weighted by Crippen LogP contribution is 2.29. The quantitative estimate of drug-likeness (QED) is 0.0952. The topological polar surface area (TPSA) is 95.5 Å². The number of benzene rings is 4. The van der Waals surface area contributed by atoms with Crippen LogP contribution in [0.1, 0.15) is 51.3 Å². The van der Waals surface area contributed by atoms with Crippen LogP contribution in [0, 0.1) is 6.92 Å². The van der Waals surface area contributed by atoms with Crippen molar-refractivity contribution in [2.75, 3.05) is 13.2 Å². The van der Waals surface area contributed by atoms with Gasteiger partial charge in [-0.15, -0.1) is 0 Å². The zero-order valence-corrected chi connectivity index (χ0v) is 23.3. The number of hydrogen-bond acceptors (Lipinski definition) is 7. The van der Waals surface area contributed by atoms with Crippen LogP contribution in [0.3, 0.4) is 0 Å². The molecule has 0 bridgehead atoms. The first-order chi connectivity index (χ1) is 19.9. The zero-order chi connectivity index (χ0) is 29.0. The van der Waals surface area contributed by atoms with Gasteiger partial charge >= 0.3 is 5.97 Å². The van der Waals surface area contributed by atoms with E-state index in [9.17, 15) is 9.59 Å². The average Bonchev–Trinajstić information content (AvgIpc) is 2.99. The Balaban J connectivity index is 1.33. The maximum absolute atomic E-state index is 12.6. The van der Waals surface area contributed by atoms with E-state index >= 15 is 0 Å². The van der Waals surface area contributed by atoms with E-state index in [4.69, 9.17) is 18.9 Å². The van der Waals surface area contributed by atoms with Gasteiger partial charge in [-0.25, -0.2) is 10.2 Å². The molecular weight excluding hydrogens is 520 g/mol. The van der Waals surface area contributed by atoms with Gasteiger partial charge < -0.3 is 18.9 Å². The molecule has 0 spiro atoms. The number of ether oxygens (including phenoxy) is 4. The number of aryl methyl sites for hydroxylation is 1. The van der Waals surface area contributed by atoms with Crippen LogP contribution in [0.25, 0.3) is 0 Å². The van der Waals surface area contributed by atoms with Gasteiger partial charge in [-0.1, -0.05) is 29.8 Å². The molecule has 210 valence electrons. The van der Waals surface area contributed by atoms with Crippen molar-refractivity contribution in [2.24, 2.45) is 5.10 Å². The van der Waals surface area contributed by atoms with Crippen LogP contribution in [0.15, 0.2) is 96.1 Å². The predicted molar refractivity (Wildman–Crippen MR) is 157 cm³/mol. The number of carbonyl (C=O) groups is 2. The minimum Gasteiger partial charge on any atom is -0.494 e. The summed E-state index contributed by atoms with van der Waals surface area (Å²) in [4.78, 5) is 25.2. The molecule has 0 heterocycles. The molecule has 0 unspecified atom stereocenters. The highest BCUT2D eigenvalue weighted by molar-refractivity contribution is 5.95. The first-order valence-corrected chi connectivity index (χ1v) is 13.3. The lowest BCUT2D eigenvalue weighted by Crippen LogP contribution is -2.17. The average molecular weight is 553 g/mol. The van der Waals surface area contributed by atoms with Crippen LogP contribution in [0.5, 0.6) is 23.0 Å². The summed E-state index contributed by atoms with van der Waals surface area (Å²) in [6.45, 7) is 7.12. The molecule has 0 fully saturated rings. The maximum Gasteiger partial charge on any atom is 0.343 e. The summed E-state index contributed by atoms with van der Waals surface area (Å²) in [5.74, 6) is 1.11. The Labute approximate surface area is 239 Å². The third-order valence-corrected chi connectivity index (χ3v) is 5.89. The zero-order valence-electron chi connectivity index (χ0n) is 23.3. The fourth-order valence-corrected chi connectivity index (χ4v) is 3.75. The molecule has 0 saturated carbocycles. The Bertz CT molecular complexity index is 1480. The third kappa shape index (κ3) is 8.44. The second-order valence-electron chi connectivity index (χ2n) is 8.98. The molecule has 0 aliphatic carbocycles. The van der Waals surface area contributed by atoms with Crippen molar-refractivity contribution in [1.82, 2.24) is 5.43 Å². The van der Waals surface area contributed by atoms with Gasteiger partial charge in [-0.05, 0) is 98.6 Å². The van der Waals surface area contributed by atoms with Gasteiger partial charge in [0, 0.05) is 5.56 Å². The standard InChI is InChI=1S/C33H32N2O6/c1-4-38-28-17-13-27(14-18-28)33(37)41-30-19-10-25(20-31(30)39-5-2)21-34-35-32(36)26-11-15-29(16-12-26)40-22-24-8-6-23(3)7-9-24/h6-21H,4-5,22H2,1-3H3,(H,35,36)/b34-21-. The lowest BCUT2D eigenvalue weighted by molar-refractivity contribution is 0.0728. The van der Waals surface area contributed by atoms with Gasteiger partial charge in [-0.3, -0.25) is 4.79 Å². The van der Waals surface area contributed by atoms with E-state index in [-0.39, 0.29) is 11.7 Å². The fourth-order valence-electron chi connectivity index (χ4n) is 3.75. The van der Waals surface area contributed by atoms with Crippen LogP contribution in [0.2, 0.25) is 0 Å². The van der Waals surface area contributed by atoms with E-state index in [2.05, 4.69) is 10.5 Å². The summed E-state index contributed by atoms with van der Waals surface area (Å²) in [5.41, 5.74) is 6.25. The van der Waals surface area contributed by atoms with E-state index < -0.39 is 5.97 Å². The Morgan fingerprint density at radius 3 is 2.02 bits per heavy atom. The molecule has 0 radical (unpaired) electrons. The monoisotopic (exact) mass is 552 g/mol. The fraction of sp³-hybridized carbons (Fsp3) is 0.182. The maximum atomic E-state index is 12.6. The molecule has 0 aliphatic rings. The first-order valence-electron chi connectivity index (χ1n) is 13.3. The number of hydrazone groups is 1. The smallest absolute Gasteiger partial charge is 0.343 e. The van der Waals surface area contributed by atoms with Crippen molar-refractivity contribution < 1.29 is 28.5 Å². The van der Waals surface area contributed by atoms with E-state index in [0.717, 1.165) is 5.56 Å². The minimum absolute atomic E-state index is 0.275. The highest BCUT2D eigenvalue weighted by Gasteiger charge is 2.14. The molecule has 0 atom stereocenters. The SMILES string of the molecule is CCOc1ccc(C(=O)Oc2ccc(/C=N\NC(=O)c3ccc(OCc4ccc(C)cc4)cc3)cc2OCC)cc1. The summed E-state index contributed by atoms with van der Waals surface area (Å²) in [6, 6.07) is 26.7. The predicted octanol–water partition coefficient (Wildman–Crippen LogP) is 6.35. The summed E-state index contributed by atoms with van der Waals surface area (Å²) in [6.07, 6.45) is 1.48. The van der Waals surface area contributed by atoms with Crippen molar-refractivity contribution >= 4 is 18.1 Å². The Morgan fingerprint density at radius 2 is 1.37 bits per heavy atom. The van der Waals surface area contributed by atoms with Gasteiger partial charge in [0.1, 0.15) is 18.1 Å². The highest BCUT2D eigenvalue weighted by atomic mass is 16.6. The van der Waals surface area contributed by atoms with Crippen LogP contribution >= 0.6 is 0 Å². The lowest BCUT2D eigenvalue weighted by atomic mass is 10.2. The molecule has 4 aromatic carbocycles. The second kappa shape index (κ2) is 14.3. The first kappa shape index (κ1) is 28.9. The van der Waals surface area contributed by atoms with Crippen LogP contribution in [-0.2, 0) is 6.61 Å². The van der Waals surface area contributed by atoms with Crippen molar-refractivity contribution in [2.45, 2.75) is 27.4 Å². The summed E-state index contributed by atoms with van der Waals surface area (Å²) in [5, 5.41) is 4.06. The van der Waals surface area contributed by atoms with E-state index in [1.165, 1.54) is 11.8 Å². The third-order valence-electron chi connectivity index (χ3n) is 5.89. The van der Waals surface area contributed by atoms with Crippen molar-refractivity contribution in [1.29, 1.82) is 0 Å². The number of esters is 1. The number of amides is 1. The summed E-state index contributed by atoms with van der Waals surface area (Å²) < 4.78 is 22.4. The molecule has 4 rings (SSSR count). The molecule has 1 N–H and O–H groups in total. The van der Waals surface area contributed by atoms with Crippen LogP contribution in [0.4, 0.5) is 0 Å². The summed E-state index contributed by atoms with van der Waals surface area (Å²) in [7, 11) is 0. The van der Waals surface area contributed by atoms with Gasteiger partial charge in [0.2, 0.25) is 0 Å². The molecule has 0 aliphatic heterocycles. The Kier molecular flexibility index (Phi) is 10.1. The second-order valence-corrected chi connectivity index (χ2v) is 8.98. The Hall–Kier alpha value is -5.11. The Morgan fingerprint density at radius 1 is 0.732 bits per heavy atom. The number of nitrogens with one attached hydrogen (secondary N) is 1. The molecule has 1 amide bonds. The molecule has 8 nitrogen and oxygen atoms in total. The number of rotatable bonds is 12. The van der Waals surface area contributed by atoms with Gasteiger partial charge in [0.05, 0.1) is 25.0 Å². The van der Waals surface area contributed by atoms with E-state index in [1.807, 2.05) is 45.0 Å². The molecule has 0 aromatic heterocycles. The van der Waals surface area contributed by atoms with Crippen molar-refractivity contribution in [3.8, 4) is 23.0 Å². The van der Waals surface area contributed by atoms with Crippen molar-refractivity contribution in [3.63, 3.8) is 0 Å². The lowest BCUT2D eigenvalue weighted by Gasteiger charge is -2.11. The number of carbonyl (C=O) groups excluding carboxylic acids is 2. The number of nitrogens with zero attached hydrogens (tertiary/aromatic N) is 1. The van der Waals surface area contributed by atoms with Gasteiger partial charge in [0.25, 0.3) is 5.91 Å². The van der Waals surface area contributed by atoms with E-state index in [1.54, 1.807) is 66.7 Å². The van der Waals surface area contributed by atoms with Gasteiger partial charge in [-0.2, -0.15) is 5.10 Å². The molecule has 41 heavy (non-hydrogen) atoms. The molecule has 4 aromatic rings. The van der Waals surface area contributed by atoms with Crippen LogP contribution in [-0.4, -0.2) is 31.3 Å². The van der Waals surface area contributed by atoms with Crippen LogP contribution < -0.4 is 24.4 Å². The summed E-state index contributed by atoms with van der Waals surface area (Å²) >= 11 is 0. The number of hydrogen-bond donors (Lipinski definition) is 1. The molecular formula is C33H32N2O6. The van der Waals surface area contributed by atoms with E-state index in [0.29, 0.717) is 53.8 Å². The largest absolute Gasteiger partial charge is 0.494 e. The van der Waals surface area contributed by atoms with Crippen molar-refractivity contribution in [3.05, 3.63) is 119 Å². The minimum atomic E-state index is -0.519. The molecule has 8 heteroatoms. The normalized spacial score (nSPS) is 10.7. The molecule has 0 saturated heterocycles. The van der Waals surface area contributed by atoms with Gasteiger partial charge in [0.15, 0.2) is 11.5 Å².